The molecule has 0 spiro atoms. The Morgan fingerprint density at radius 3 is 2.37 bits per heavy atom. The van der Waals surface area contributed by atoms with E-state index in [2.05, 4.69) is 15.3 Å². The second kappa shape index (κ2) is 18.2. The van der Waals surface area contributed by atoms with Crippen LogP contribution in [0, 0.1) is 20.8 Å². The zero-order chi connectivity index (χ0) is 44.6. The lowest BCUT2D eigenvalue weighted by Gasteiger charge is -2.36. The summed E-state index contributed by atoms with van der Waals surface area (Å²) in [5.41, 5.74) is 14.0. The van der Waals surface area contributed by atoms with E-state index >= 15 is 0 Å². The van der Waals surface area contributed by atoms with E-state index in [4.69, 9.17) is 47.9 Å². The van der Waals surface area contributed by atoms with Gasteiger partial charge in [0.2, 0.25) is 5.91 Å². The molecule has 0 saturated heterocycles. The Balaban J connectivity index is 1.02. The molecule has 6 aromatic rings. The third-order valence-corrected chi connectivity index (χ3v) is 15.4. The van der Waals surface area contributed by atoms with Gasteiger partial charge in [0.25, 0.3) is 10.0 Å². The van der Waals surface area contributed by atoms with Gasteiger partial charge in [-0.15, -0.1) is 0 Å². The van der Waals surface area contributed by atoms with E-state index < -0.39 is 40.1 Å². The highest BCUT2D eigenvalue weighted by molar-refractivity contribution is 7.91. The lowest BCUT2D eigenvalue weighted by atomic mass is 9.93. The summed E-state index contributed by atoms with van der Waals surface area (Å²) < 4.78 is 53.8. The molecule has 0 fully saturated rings. The number of fused-ring (bicyclic) bond motifs is 2. The summed E-state index contributed by atoms with van der Waals surface area (Å²) in [6.07, 6.45) is 1.37. The SMILES string of the molecule is COC(=O)[C@H](Cc1ccc(-c2ccnc(C)c2C)cc1)NC(=O)[C@@H]1Cc2cc3c(cc2CN1S(=O)(=O)c1sc(N)nc1C)O[C@@H](c1ccc(OCc2ccc(Cl)c(Cl)c2)cc1)CO3. The van der Waals surface area contributed by atoms with Gasteiger partial charge < -0.3 is 30.0 Å². The van der Waals surface area contributed by atoms with Crippen LogP contribution in [-0.4, -0.2) is 60.4 Å². The fourth-order valence-corrected chi connectivity index (χ4v) is 11.0. The number of nitrogens with zero attached hydrogens (tertiary/aromatic N) is 3. The molecule has 0 saturated carbocycles. The van der Waals surface area contributed by atoms with E-state index in [9.17, 15) is 18.0 Å². The number of carbonyl (C=O) groups excluding carboxylic acids is 2. The van der Waals surface area contributed by atoms with Crippen LogP contribution >= 0.6 is 34.5 Å². The summed E-state index contributed by atoms with van der Waals surface area (Å²) in [7, 11) is -3.10. The molecule has 3 atom stereocenters. The number of anilines is 1. The maximum atomic E-state index is 14.5. The number of nitrogens with two attached hydrogens (primary N) is 1. The first-order chi connectivity index (χ1) is 30.2. The standard InChI is InChI=1S/C46H43Cl2N5O8S2/c1-25-26(2)50-16-15-35(25)30-8-5-28(6-9-30)18-38(44(55)58-4)52-43(54)39-19-32-20-40-41(21-33(32)22-53(39)63(56,57)45-27(3)51-46(49)62-45)61-42(24-60-40)31-10-12-34(13-11-31)59-23-29-7-14-36(47)37(48)17-29/h5-17,20-21,38-39,42H,18-19,22-24H2,1-4H3,(H2,49,51)(H,52,54)/t38-,39-,42+/m0/s1. The van der Waals surface area contributed by atoms with Crippen LogP contribution in [0.2, 0.25) is 10.0 Å². The van der Waals surface area contributed by atoms with Crippen molar-refractivity contribution in [3.63, 3.8) is 0 Å². The van der Waals surface area contributed by atoms with Crippen molar-refractivity contribution in [3.05, 3.63) is 146 Å². The lowest BCUT2D eigenvalue weighted by Crippen LogP contribution is -2.56. The Kier molecular flexibility index (Phi) is 12.7. The number of hydrogen-bond donors (Lipinski definition) is 2. The fraction of sp³-hybridized carbons (Fsp3) is 0.261. The summed E-state index contributed by atoms with van der Waals surface area (Å²) in [4.78, 5) is 36.2. The number of halogens is 2. The summed E-state index contributed by atoms with van der Waals surface area (Å²) in [5, 5.41) is 3.82. The quantitative estimate of drug-likeness (QED) is 0.114. The highest BCUT2D eigenvalue weighted by atomic mass is 35.5. The number of carbonyl (C=O) groups is 2. The number of nitrogens with one attached hydrogen (secondary N) is 1. The second-order valence-electron chi connectivity index (χ2n) is 15.3. The molecule has 326 valence electrons. The molecule has 4 heterocycles. The number of sulfonamides is 1. The van der Waals surface area contributed by atoms with E-state index in [1.54, 1.807) is 37.4 Å². The Bertz CT molecular complexity index is 2820. The number of pyridine rings is 1. The van der Waals surface area contributed by atoms with Crippen LogP contribution in [0.5, 0.6) is 17.2 Å². The van der Waals surface area contributed by atoms with Gasteiger partial charge in [-0.25, -0.2) is 18.2 Å². The summed E-state index contributed by atoms with van der Waals surface area (Å²) in [6.45, 7) is 5.84. The van der Waals surface area contributed by atoms with Crippen LogP contribution in [0.15, 0.2) is 95.3 Å². The molecule has 1 amide bonds. The molecule has 0 radical (unpaired) electrons. The largest absolute Gasteiger partial charge is 0.489 e. The van der Waals surface area contributed by atoms with Crippen molar-refractivity contribution in [2.45, 2.75) is 69.2 Å². The normalized spacial score (nSPS) is 16.5. The van der Waals surface area contributed by atoms with E-state index in [1.807, 2.05) is 74.5 Å². The van der Waals surface area contributed by atoms with Gasteiger partial charge in [-0.05, 0) is 114 Å². The van der Waals surface area contributed by atoms with E-state index in [1.165, 1.54) is 7.11 Å². The second-order valence-corrected chi connectivity index (χ2v) is 19.3. The average molecular weight is 929 g/mol. The molecule has 17 heteroatoms. The number of hydrogen-bond acceptors (Lipinski definition) is 12. The number of nitrogen functional groups attached to an aromatic ring is 1. The van der Waals surface area contributed by atoms with Crippen molar-refractivity contribution in [1.29, 1.82) is 0 Å². The Morgan fingerprint density at radius 2 is 1.67 bits per heavy atom. The van der Waals surface area contributed by atoms with Gasteiger partial charge in [-0.2, -0.15) is 4.31 Å². The summed E-state index contributed by atoms with van der Waals surface area (Å²) in [5.74, 6) is 0.181. The molecule has 2 aromatic heterocycles. The number of aromatic nitrogens is 2. The van der Waals surface area contributed by atoms with Crippen LogP contribution in [-0.2, 0) is 50.3 Å². The van der Waals surface area contributed by atoms with Crippen molar-refractivity contribution in [2.24, 2.45) is 0 Å². The minimum absolute atomic E-state index is 0.0230. The van der Waals surface area contributed by atoms with E-state index in [0.29, 0.717) is 45.0 Å². The molecular weight excluding hydrogens is 886 g/mol. The number of ether oxygens (including phenoxy) is 4. The van der Waals surface area contributed by atoms with Crippen molar-refractivity contribution in [1.82, 2.24) is 19.6 Å². The van der Waals surface area contributed by atoms with Gasteiger partial charge in [0.15, 0.2) is 26.9 Å². The molecule has 0 bridgehead atoms. The number of aryl methyl sites for hydroxylation is 2. The first kappa shape index (κ1) is 43.9. The molecule has 4 aromatic carbocycles. The average Bonchev–Trinajstić information content (AvgIpc) is 3.64. The Labute approximate surface area is 379 Å². The summed E-state index contributed by atoms with van der Waals surface area (Å²) >= 11 is 13.0. The molecule has 2 aliphatic rings. The van der Waals surface area contributed by atoms with Crippen LogP contribution in [0.3, 0.4) is 0 Å². The molecule has 0 aliphatic carbocycles. The number of esters is 1. The lowest BCUT2D eigenvalue weighted by molar-refractivity contribution is -0.145. The van der Waals surface area contributed by atoms with Crippen LogP contribution in [0.1, 0.15) is 50.9 Å². The van der Waals surface area contributed by atoms with Gasteiger partial charge in [0, 0.05) is 24.9 Å². The van der Waals surface area contributed by atoms with Crippen molar-refractivity contribution in [2.75, 3.05) is 19.5 Å². The molecule has 3 N–H and O–H groups in total. The fourth-order valence-electron chi connectivity index (χ4n) is 7.70. The predicted molar refractivity (Wildman–Crippen MR) is 241 cm³/mol. The highest BCUT2D eigenvalue weighted by Crippen LogP contribution is 2.42. The molecule has 0 unspecified atom stereocenters. The van der Waals surface area contributed by atoms with Crippen molar-refractivity contribution >= 4 is 61.6 Å². The maximum absolute atomic E-state index is 14.5. The molecule has 63 heavy (non-hydrogen) atoms. The minimum Gasteiger partial charge on any atom is -0.489 e. The number of amides is 1. The Morgan fingerprint density at radius 1 is 0.937 bits per heavy atom. The molecule has 13 nitrogen and oxygen atoms in total. The number of methoxy groups -OCH3 is 1. The highest BCUT2D eigenvalue weighted by Gasteiger charge is 2.43. The van der Waals surface area contributed by atoms with Crippen LogP contribution in [0.25, 0.3) is 11.1 Å². The number of benzene rings is 4. The van der Waals surface area contributed by atoms with E-state index in [0.717, 1.165) is 54.7 Å². The third kappa shape index (κ3) is 9.34. The van der Waals surface area contributed by atoms with E-state index in [-0.39, 0.29) is 41.0 Å². The summed E-state index contributed by atoms with van der Waals surface area (Å²) in [6, 6.07) is 23.6. The molecule has 2 aliphatic heterocycles. The third-order valence-electron chi connectivity index (χ3n) is 11.2. The van der Waals surface area contributed by atoms with Gasteiger partial charge in [0.05, 0.1) is 22.8 Å². The van der Waals surface area contributed by atoms with Gasteiger partial charge in [-0.1, -0.05) is 77.0 Å². The zero-order valence-corrected chi connectivity index (χ0v) is 37.8. The first-order valence-corrected chi connectivity index (χ1v) is 23.0. The number of rotatable bonds is 12. The smallest absolute Gasteiger partial charge is 0.328 e. The number of thiazole rings is 1. The van der Waals surface area contributed by atoms with Crippen molar-refractivity contribution in [3.8, 4) is 28.4 Å². The van der Waals surface area contributed by atoms with Crippen LogP contribution in [0.4, 0.5) is 5.13 Å². The maximum Gasteiger partial charge on any atom is 0.328 e. The van der Waals surface area contributed by atoms with Gasteiger partial charge in [-0.3, -0.25) is 9.78 Å². The van der Waals surface area contributed by atoms with Crippen LogP contribution < -0.4 is 25.3 Å². The zero-order valence-electron chi connectivity index (χ0n) is 34.7. The Hall–Kier alpha value is -5.71. The molecule has 8 rings (SSSR count). The van der Waals surface area contributed by atoms with Gasteiger partial charge >= 0.3 is 5.97 Å². The molecular formula is C46H43Cl2N5O8S2. The first-order valence-electron chi connectivity index (χ1n) is 19.9. The topological polar surface area (TPSA) is 172 Å². The van der Waals surface area contributed by atoms with Gasteiger partial charge in [0.1, 0.15) is 31.0 Å². The predicted octanol–water partition coefficient (Wildman–Crippen LogP) is 8.13. The monoisotopic (exact) mass is 927 g/mol. The minimum atomic E-state index is -4.34. The van der Waals surface area contributed by atoms with Crippen molar-refractivity contribution < 1.29 is 37.0 Å².